The number of hydrogen-bond acceptors (Lipinski definition) is 3. The number of unbranched alkanes of at least 4 members (excludes halogenated alkanes) is 1. The van der Waals surface area contributed by atoms with Crippen molar-refractivity contribution in [3.8, 4) is 0 Å². The minimum Gasteiger partial charge on any atom is -0.392 e. The van der Waals surface area contributed by atoms with Crippen LogP contribution in [0.4, 0.5) is 0 Å². The van der Waals surface area contributed by atoms with Gasteiger partial charge in [-0.15, -0.1) is 0 Å². The molecule has 88 valence electrons. The van der Waals surface area contributed by atoms with Gasteiger partial charge in [0.2, 0.25) is 5.91 Å². The van der Waals surface area contributed by atoms with Gasteiger partial charge in [-0.2, -0.15) is 0 Å². The van der Waals surface area contributed by atoms with Gasteiger partial charge in [-0.3, -0.25) is 9.69 Å². The fourth-order valence-electron chi connectivity index (χ4n) is 1.16. The summed E-state index contributed by atoms with van der Waals surface area (Å²) in [5.41, 5.74) is 5.42. The first kappa shape index (κ1) is 14.3. The largest absolute Gasteiger partial charge is 0.392 e. The maximum Gasteiger partial charge on any atom is 0.234 e. The van der Waals surface area contributed by atoms with E-state index >= 15 is 0 Å². The molecule has 1 amide bonds. The summed E-state index contributed by atoms with van der Waals surface area (Å²) >= 11 is 4.80. The molecule has 0 aromatic rings. The third-order valence-corrected chi connectivity index (χ3v) is 2.18. The van der Waals surface area contributed by atoms with Crippen LogP contribution < -0.4 is 11.1 Å². The maximum absolute atomic E-state index is 11.4. The van der Waals surface area contributed by atoms with E-state index in [0.29, 0.717) is 18.1 Å². The van der Waals surface area contributed by atoms with E-state index < -0.39 is 0 Å². The van der Waals surface area contributed by atoms with Crippen molar-refractivity contribution in [1.82, 2.24) is 10.2 Å². The normalized spacial score (nSPS) is 10.3. The molecule has 0 aliphatic rings. The van der Waals surface area contributed by atoms with Crippen LogP contribution in [0, 0.1) is 0 Å². The Morgan fingerprint density at radius 3 is 2.53 bits per heavy atom. The summed E-state index contributed by atoms with van der Waals surface area (Å²) < 4.78 is 0. The Kier molecular flexibility index (Phi) is 8.22. The molecule has 4 nitrogen and oxygen atoms in total. The summed E-state index contributed by atoms with van der Waals surface area (Å²) in [6.07, 6.45) is 2.11. The molecule has 0 aromatic carbocycles. The predicted octanol–water partition coefficient (Wildman–Crippen LogP) is 0.511. The van der Waals surface area contributed by atoms with E-state index in [4.69, 9.17) is 18.0 Å². The fourth-order valence-corrected chi connectivity index (χ4v) is 1.35. The topological polar surface area (TPSA) is 58.4 Å². The number of nitrogens with zero attached hydrogens (tertiary/aromatic N) is 1. The molecule has 0 radical (unpaired) electrons. The molecule has 0 unspecified atom stereocenters. The van der Waals surface area contributed by atoms with E-state index in [1.807, 2.05) is 11.8 Å². The second-order valence-electron chi connectivity index (χ2n) is 3.47. The number of rotatable bonds is 8. The molecule has 0 saturated heterocycles. The van der Waals surface area contributed by atoms with Crippen molar-refractivity contribution in [3.05, 3.63) is 0 Å². The Bertz CT molecular complexity index is 209. The highest BCUT2D eigenvalue weighted by Crippen LogP contribution is 1.88. The van der Waals surface area contributed by atoms with Gasteiger partial charge in [-0.25, -0.2) is 0 Å². The first-order valence-corrected chi connectivity index (χ1v) is 5.78. The third kappa shape index (κ3) is 8.32. The Morgan fingerprint density at radius 1 is 1.40 bits per heavy atom. The van der Waals surface area contributed by atoms with Crippen molar-refractivity contribution in [3.63, 3.8) is 0 Å². The Morgan fingerprint density at radius 2 is 2.07 bits per heavy atom. The predicted molar refractivity (Wildman–Crippen MR) is 66.8 cm³/mol. The zero-order valence-electron chi connectivity index (χ0n) is 9.58. The van der Waals surface area contributed by atoms with Crippen molar-refractivity contribution in [2.45, 2.75) is 26.7 Å². The molecule has 0 aliphatic heterocycles. The first-order chi connectivity index (χ1) is 7.10. The highest BCUT2D eigenvalue weighted by Gasteiger charge is 2.08. The molecule has 0 saturated carbocycles. The second-order valence-corrected chi connectivity index (χ2v) is 4.00. The van der Waals surface area contributed by atoms with Gasteiger partial charge in [0.05, 0.1) is 11.5 Å². The molecule has 0 heterocycles. The quantitative estimate of drug-likeness (QED) is 0.472. The molecular formula is C10H21N3OS. The maximum atomic E-state index is 11.4. The zero-order chi connectivity index (χ0) is 11.7. The summed E-state index contributed by atoms with van der Waals surface area (Å²) in [5.74, 6) is 0.0431. The Labute approximate surface area is 97.2 Å². The summed E-state index contributed by atoms with van der Waals surface area (Å²) in [5, 5.41) is 2.86. The molecule has 5 heteroatoms. The lowest BCUT2D eigenvalue weighted by molar-refractivity contribution is -0.122. The number of amides is 1. The molecule has 0 rings (SSSR count). The molecule has 0 bridgehead atoms. The van der Waals surface area contributed by atoms with Crippen LogP contribution >= 0.6 is 12.2 Å². The summed E-state index contributed by atoms with van der Waals surface area (Å²) in [6, 6.07) is 0. The SMILES string of the molecule is CCCCNC(=O)CN(CC)CC(N)=S. The van der Waals surface area contributed by atoms with Crippen LogP contribution in [0.1, 0.15) is 26.7 Å². The van der Waals surface area contributed by atoms with Crippen LogP contribution in [0.3, 0.4) is 0 Å². The average Bonchev–Trinajstić information content (AvgIpc) is 2.16. The Balaban J connectivity index is 3.75. The summed E-state index contributed by atoms with van der Waals surface area (Å²) in [6.45, 7) is 6.48. The van der Waals surface area contributed by atoms with Crippen molar-refractivity contribution >= 4 is 23.1 Å². The van der Waals surface area contributed by atoms with Crippen molar-refractivity contribution in [2.75, 3.05) is 26.2 Å². The van der Waals surface area contributed by atoms with E-state index in [2.05, 4.69) is 12.2 Å². The van der Waals surface area contributed by atoms with Gasteiger partial charge in [0, 0.05) is 13.1 Å². The summed E-state index contributed by atoms with van der Waals surface area (Å²) in [4.78, 5) is 13.8. The minimum absolute atomic E-state index is 0.0431. The monoisotopic (exact) mass is 231 g/mol. The van der Waals surface area contributed by atoms with Crippen LogP contribution in [0.15, 0.2) is 0 Å². The first-order valence-electron chi connectivity index (χ1n) is 5.37. The van der Waals surface area contributed by atoms with E-state index in [1.54, 1.807) is 0 Å². The van der Waals surface area contributed by atoms with Gasteiger partial charge < -0.3 is 11.1 Å². The van der Waals surface area contributed by atoms with Gasteiger partial charge >= 0.3 is 0 Å². The van der Waals surface area contributed by atoms with Crippen LogP contribution in [-0.4, -0.2) is 42.0 Å². The number of nitrogens with one attached hydrogen (secondary N) is 1. The number of carbonyl (C=O) groups is 1. The van der Waals surface area contributed by atoms with Gasteiger partial charge in [0.15, 0.2) is 0 Å². The summed E-state index contributed by atoms with van der Waals surface area (Å²) in [7, 11) is 0. The number of hydrogen-bond donors (Lipinski definition) is 2. The molecule has 0 spiro atoms. The van der Waals surface area contributed by atoms with Crippen LogP contribution in [0.2, 0.25) is 0 Å². The fraction of sp³-hybridized carbons (Fsp3) is 0.800. The van der Waals surface area contributed by atoms with E-state index in [1.165, 1.54) is 0 Å². The second kappa shape index (κ2) is 8.61. The van der Waals surface area contributed by atoms with E-state index in [0.717, 1.165) is 25.9 Å². The molecule has 0 aromatic heterocycles. The minimum atomic E-state index is 0.0431. The van der Waals surface area contributed by atoms with Crippen molar-refractivity contribution < 1.29 is 4.79 Å². The molecule has 3 N–H and O–H groups in total. The molecular weight excluding hydrogens is 210 g/mol. The zero-order valence-corrected chi connectivity index (χ0v) is 10.4. The Hall–Kier alpha value is -0.680. The van der Waals surface area contributed by atoms with Gasteiger partial charge in [0.1, 0.15) is 0 Å². The number of likely N-dealkylation sites (N-methyl/N-ethyl adjacent to an activating group) is 1. The lowest BCUT2D eigenvalue weighted by atomic mass is 10.3. The van der Waals surface area contributed by atoms with Crippen molar-refractivity contribution in [2.24, 2.45) is 5.73 Å². The van der Waals surface area contributed by atoms with Crippen LogP contribution in [-0.2, 0) is 4.79 Å². The highest BCUT2D eigenvalue weighted by molar-refractivity contribution is 7.80. The molecule has 0 atom stereocenters. The smallest absolute Gasteiger partial charge is 0.234 e. The van der Waals surface area contributed by atoms with Crippen LogP contribution in [0.5, 0.6) is 0 Å². The standard InChI is InChI=1S/C10H21N3OS/c1-3-5-6-12-10(14)8-13(4-2)7-9(11)15/h3-8H2,1-2H3,(H2,11,15)(H,12,14). The number of carbonyl (C=O) groups excluding carboxylic acids is 1. The van der Waals surface area contributed by atoms with Gasteiger partial charge in [0.25, 0.3) is 0 Å². The molecule has 0 fully saturated rings. The number of thiocarbonyl (C=S) groups is 1. The molecule has 0 aliphatic carbocycles. The lowest BCUT2D eigenvalue weighted by Crippen LogP contribution is -2.41. The van der Waals surface area contributed by atoms with Crippen LogP contribution in [0.25, 0.3) is 0 Å². The van der Waals surface area contributed by atoms with E-state index in [9.17, 15) is 4.79 Å². The average molecular weight is 231 g/mol. The van der Waals surface area contributed by atoms with Crippen molar-refractivity contribution in [1.29, 1.82) is 0 Å². The van der Waals surface area contributed by atoms with Gasteiger partial charge in [-0.1, -0.05) is 32.5 Å². The number of nitrogens with two attached hydrogens (primary N) is 1. The van der Waals surface area contributed by atoms with Gasteiger partial charge in [-0.05, 0) is 13.0 Å². The molecule has 15 heavy (non-hydrogen) atoms. The third-order valence-electron chi connectivity index (χ3n) is 2.05. The van der Waals surface area contributed by atoms with E-state index in [-0.39, 0.29) is 5.91 Å². The highest BCUT2D eigenvalue weighted by atomic mass is 32.1. The lowest BCUT2D eigenvalue weighted by Gasteiger charge is -2.18.